The molecule has 134 valence electrons. The standard InChI is InChI=1S/C16H17N7O3/c1-9-2-4-10(5-3-9)18-16-20-12(19-15(17)21-16)8-26-14(25)11-6-7-13(24)23-22-11/h2-5H,6-8H2,1H3,(H,23,24)(H3,17,18,19,20,21). The lowest BCUT2D eigenvalue weighted by Gasteiger charge is -2.11. The van der Waals surface area contributed by atoms with E-state index >= 15 is 0 Å². The highest BCUT2D eigenvalue weighted by Gasteiger charge is 2.20. The average molecular weight is 355 g/mol. The molecule has 0 saturated carbocycles. The topological polar surface area (TPSA) is 144 Å². The molecular weight excluding hydrogens is 338 g/mol. The van der Waals surface area contributed by atoms with Crippen LogP contribution in [0.3, 0.4) is 0 Å². The van der Waals surface area contributed by atoms with Gasteiger partial charge in [-0.3, -0.25) is 4.79 Å². The molecule has 0 fully saturated rings. The molecule has 0 radical (unpaired) electrons. The first kappa shape index (κ1) is 17.3. The molecule has 2 aromatic rings. The van der Waals surface area contributed by atoms with E-state index in [0.29, 0.717) is 0 Å². The van der Waals surface area contributed by atoms with Crippen molar-refractivity contribution in [2.45, 2.75) is 26.4 Å². The van der Waals surface area contributed by atoms with Gasteiger partial charge in [0.25, 0.3) is 0 Å². The summed E-state index contributed by atoms with van der Waals surface area (Å²) in [6, 6.07) is 7.65. The van der Waals surface area contributed by atoms with Gasteiger partial charge < -0.3 is 15.8 Å². The molecule has 1 amide bonds. The molecule has 10 nitrogen and oxygen atoms in total. The molecule has 2 heterocycles. The zero-order valence-corrected chi connectivity index (χ0v) is 14.0. The summed E-state index contributed by atoms with van der Waals surface area (Å²) in [6.45, 7) is 1.79. The van der Waals surface area contributed by atoms with Gasteiger partial charge in [-0.25, -0.2) is 10.2 Å². The summed E-state index contributed by atoms with van der Waals surface area (Å²) in [7, 11) is 0. The van der Waals surface area contributed by atoms with Crippen molar-refractivity contribution in [3.05, 3.63) is 35.7 Å². The second kappa shape index (κ2) is 7.55. The minimum atomic E-state index is -0.642. The van der Waals surface area contributed by atoms with Crippen LogP contribution in [0.5, 0.6) is 0 Å². The first-order valence-corrected chi connectivity index (χ1v) is 7.86. The van der Waals surface area contributed by atoms with Gasteiger partial charge in [0.05, 0.1) is 0 Å². The van der Waals surface area contributed by atoms with Crippen LogP contribution in [0.15, 0.2) is 29.4 Å². The van der Waals surface area contributed by atoms with Crippen molar-refractivity contribution in [3.8, 4) is 0 Å². The van der Waals surface area contributed by atoms with E-state index in [1.807, 2.05) is 31.2 Å². The van der Waals surface area contributed by atoms with E-state index in [0.717, 1.165) is 11.3 Å². The maximum absolute atomic E-state index is 11.9. The van der Waals surface area contributed by atoms with Crippen LogP contribution in [0.25, 0.3) is 0 Å². The monoisotopic (exact) mass is 355 g/mol. The summed E-state index contributed by atoms with van der Waals surface area (Å²) in [5.74, 6) is -0.436. The summed E-state index contributed by atoms with van der Waals surface area (Å²) < 4.78 is 5.12. The van der Waals surface area contributed by atoms with Gasteiger partial charge >= 0.3 is 5.97 Å². The number of ether oxygens (including phenoxy) is 1. The van der Waals surface area contributed by atoms with Gasteiger partial charge in [0.1, 0.15) is 5.71 Å². The summed E-state index contributed by atoms with van der Waals surface area (Å²) in [6.07, 6.45) is 0.418. The molecule has 4 N–H and O–H groups in total. The molecule has 0 unspecified atom stereocenters. The Morgan fingerprint density at radius 3 is 2.69 bits per heavy atom. The van der Waals surface area contributed by atoms with Gasteiger partial charge in [0.2, 0.25) is 17.8 Å². The van der Waals surface area contributed by atoms with Crippen LogP contribution in [0.2, 0.25) is 0 Å². The number of amides is 1. The van der Waals surface area contributed by atoms with Gasteiger partial charge in [0.15, 0.2) is 12.4 Å². The lowest BCUT2D eigenvalue weighted by atomic mass is 10.2. The van der Waals surface area contributed by atoms with Crippen LogP contribution in [-0.2, 0) is 20.9 Å². The molecule has 0 spiro atoms. The molecule has 10 heteroatoms. The van der Waals surface area contributed by atoms with Crippen molar-refractivity contribution >= 4 is 35.2 Å². The Hall–Kier alpha value is -3.56. The average Bonchev–Trinajstić information content (AvgIpc) is 2.62. The zero-order chi connectivity index (χ0) is 18.5. The minimum absolute atomic E-state index is 0.00271. The number of nitrogens with one attached hydrogen (secondary N) is 2. The molecule has 1 aromatic heterocycles. The smallest absolute Gasteiger partial charge is 0.354 e. The molecule has 0 aliphatic carbocycles. The molecule has 1 aliphatic rings. The van der Waals surface area contributed by atoms with Crippen LogP contribution in [0.1, 0.15) is 24.2 Å². The second-order valence-corrected chi connectivity index (χ2v) is 5.59. The number of aromatic nitrogens is 3. The van der Waals surface area contributed by atoms with Crippen molar-refractivity contribution in [3.63, 3.8) is 0 Å². The number of rotatable bonds is 5. The number of benzene rings is 1. The van der Waals surface area contributed by atoms with Crippen molar-refractivity contribution in [2.75, 3.05) is 11.1 Å². The maximum atomic E-state index is 11.9. The predicted octanol–water partition coefficient (Wildman–Crippen LogP) is 0.815. The Balaban J connectivity index is 1.65. The maximum Gasteiger partial charge on any atom is 0.354 e. The van der Waals surface area contributed by atoms with E-state index in [1.54, 1.807) is 0 Å². The highest BCUT2D eigenvalue weighted by Crippen LogP contribution is 2.14. The Bertz CT molecular complexity index is 865. The first-order chi connectivity index (χ1) is 12.5. The molecule has 1 aromatic carbocycles. The first-order valence-electron chi connectivity index (χ1n) is 7.86. The minimum Gasteiger partial charge on any atom is -0.453 e. The number of hydrazone groups is 1. The van der Waals surface area contributed by atoms with Gasteiger partial charge in [-0.15, -0.1) is 0 Å². The van der Waals surface area contributed by atoms with Crippen LogP contribution in [-0.4, -0.2) is 32.5 Å². The molecule has 0 atom stereocenters. The molecule has 0 saturated heterocycles. The molecular formula is C16H17N7O3. The number of aryl methyl sites for hydroxylation is 1. The zero-order valence-electron chi connectivity index (χ0n) is 14.0. The van der Waals surface area contributed by atoms with Crippen molar-refractivity contribution in [2.24, 2.45) is 5.10 Å². The largest absolute Gasteiger partial charge is 0.453 e. The summed E-state index contributed by atoms with van der Waals surface area (Å²) in [5, 5.41) is 6.69. The SMILES string of the molecule is Cc1ccc(Nc2nc(N)nc(COC(=O)C3=NNC(=O)CC3)n2)cc1. The van der Waals surface area contributed by atoms with Crippen LogP contribution >= 0.6 is 0 Å². The summed E-state index contributed by atoms with van der Waals surface area (Å²) in [5.41, 5.74) is 9.98. The van der Waals surface area contributed by atoms with E-state index in [4.69, 9.17) is 10.5 Å². The number of carbonyl (C=O) groups is 2. The fraction of sp³-hybridized carbons (Fsp3) is 0.250. The number of anilines is 3. The third-order valence-electron chi connectivity index (χ3n) is 3.48. The number of esters is 1. The molecule has 1 aliphatic heterocycles. The van der Waals surface area contributed by atoms with Crippen molar-refractivity contribution < 1.29 is 14.3 Å². The van der Waals surface area contributed by atoms with Crippen LogP contribution < -0.4 is 16.5 Å². The number of hydrogen-bond acceptors (Lipinski definition) is 9. The lowest BCUT2D eigenvalue weighted by Crippen LogP contribution is -2.30. The quantitative estimate of drug-likeness (QED) is 0.668. The molecule has 0 bridgehead atoms. The highest BCUT2D eigenvalue weighted by atomic mass is 16.5. The number of nitrogen functional groups attached to an aromatic ring is 1. The number of nitrogens with two attached hydrogens (primary N) is 1. The fourth-order valence-electron chi connectivity index (χ4n) is 2.16. The number of hydrogen-bond donors (Lipinski definition) is 3. The van der Waals surface area contributed by atoms with Gasteiger partial charge in [-0.1, -0.05) is 17.7 Å². The lowest BCUT2D eigenvalue weighted by molar-refractivity contribution is -0.137. The Morgan fingerprint density at radius 1 is 1.23 bits per heavy atom. The Kier molecular flexibility index (Phi) is 5.02. The van der Waals surface area contributed by atoms with Crippen molar-refractivity contribution in [1.82, 2.24) is 20.4 Å². The Labute approximate surface area is 148 Å². The van der Waals surface area contributed by atoms with Crippen LogP contribution in [0, 0.1) is 6.92 Å². The third kappa shape index (κ3) is 4.50. The highest BCUT2D eigenvalue weighted by molar-refractivity contribution is 6.37. The predicted molar refractivity (Wildman–Crippen MR) is 93.3 cm³/mol. The fourth-order valence-corrected chi connectivity index (χ4v) is 2.16. The van der Waals surface area contributed by atoms with Crippen molar-refractivity contribution in [1.29, 1.82) is 0 Å². The number of carbonyl (C=O) groups excluding carboxylic acids is 2. The molecule has 26 heavy (non-hydrogen) atoms. The van der Waals surface area contributed by atoms with E-state index < -0.39 is 5.97 Å². The Morgan fingerprint density at radius 2 is 2.00 bits per heavy atom. The summed E-state index contributed by atoms with van der Waals surface area (Å²) >= 11 is 0. The summed E-state index contributed by atoms with van der Waals surface area (Å²) in [4.78, 5) is 35.1. The van der Waals surface area contributed by atoms with Crippen LogP contribution in [0.4, 0.5) is 17.6 Å². The molecule has 3 rings (SSSR count). The van der Waals surface area contributed by atoms with Gasteiger partial charge in [0, 0.05) is 18.5 Å². The van der Waals surface area contributed by atoms with E-state index in [9.17, 15) is 9.59 Å². The van der Waals surface area contributed by atoms with E-state index in [2.05, 4.69) is 30.8 Å². The normalized spacial score (nSPS) is 13.6. The van der Waals surface area contributed by atoms with E-state index in [-0.39, 0.29) is 48.8 Å². The third-order valence-corrected chi connectivity index (χ3v) is 3.48. The number of nitrogens with zero attached hydrogens (tertiary/aromatic N) is 4. The van der Waals surface area contributed by atoms with E-state index in [1.165, 1.54) is 0 Å². The second-order valence-electron chi connectivity index (χ2n) is 5.59. The van der Waals surface area contributed by atoms with Gasteiger partial charge in [-0.2, -0.15) is 20.1 Å². The van der Waals surface area contributed by atoms with Gasteiger partial charge in [-0.05, 0) is 19.1 Å².